The fraction of sp³-hybridized carbons (Fsp3) is 0.407. The summed E-state index contributed by atoms with van der Waals surface area (Å²) >= 11 is 0. The number of Topliss-reactive ketones (excluding diaryl/α,β-unsaturated/α-hetero) is 1. The van der Waals surface area contributed by atoms with Crippen molar-refractivity contribution in [1.82, 2.24) is 5.32 Å². The average Bonchev–Trinajstić information content (AvgIpc) is 3.36. The zero-order valence-corrected chi connectivity index (χ0v) is 42.4. The minimum Gasteiger partial charge on any atom is -0.455 e. The van der Waals surface area contributed by atoms with Crippen molar-refractivity contribution in [3.05, 3.63) is 149 Å². The van der Waals surface area contributed by atoms with Crippen molar-refractivity contribution in [1.29, 1.82) is 0 Å². The number of ether oxygens (including phenoxy) is 6. The molecule has 17 nitrogen and oxygen atoms in total. The van der Waals surface area contributed by atoms with Gasteiger partial charge in [0.15, 0.2) is 29.9 Å². The molecule has 2 bridgehead atoms. The molecule has 76 heavy (non-hydrogen) atoms. The van der Waals surface area contributed by atoms with E-state index in [-0.39, 0.29) is 40.9 Å². The maximum absolute atomic E-state index is 15.7. The molecule has 1 amide bonds. The lowest BCUT2D eigenvalue weighted by atomic mass is 9.44. The van der Waals surface area contributed by atoms with Gasteiger partial charge in [-0.2, -0.15) is 0 Å². The second kappa shape index (κ2) is 21.7. The van der Waals surface area contributed by atoms with E-state index in [1.807, 2.05) is 0 Å². The Hall–Kier alpha value is -7.30. The van der Waals surface area contributed by atoms with E-state index in [4.69, 9.17) is 28.4 Å². The van der Waals surface area contributed by atoms with Gasteiger partial charge in [-0.05, 0) is 60.9 Å². The predicted octanol–water partition coefficient (Wildman–Crippen LogP) is 5.72. The molecule has 3 aliphatic carbocycles. The minimum absolute atomic E-state index is 0.0345. The first-order valence-electron chi connectivity index (χ1n) is 24.2. The summed E-state index contributed by atoms with van der Waals surface area (Å²) in [4.78, 5) is 100. The van der Waals surface area contributed by atoms with E-state index in [9.17, 15) is 51.4 Å². The fourth-order valence-corrected chi connectivity index (χ4v) is 11.2. The highest BCUT2D eigenvalue weighted by molar-refractivity contribution is 6.50. The number of hydrogen-bond acceptors (Lipinski definition) is 15. The first-order chi connectivity index (χ1) is 35.6. The van der Waals surface area contributed by atoms with Gasteiger partial charge in [0.05, 0.1) is 29.6 Å². The number of carbonyl (C=O) groups is 7. The first kappa shape index (κ1) is 56.4. The number of aromatic nitrogens is 1. The van der Waals surface area contributed by atoms with Crippen molar-refractivity contribution in [3.8, 4) is 0 Å². The van der Waals surface area contributed by atoms with E-state index >= 15 is 9.59 Å². The number of hydrogen-bond donors (Lipinski definition) is 3. The van der Waals surface area contributed by atoms with Gasteiger partial charge in [-0.3, -0.25) is 19.2 Å². The summed E-state index contributed by atoms with van der Waals surface area (Å²) in [6, 6.07) is 25.9. The summed E-state index contributed by atoms with van der Waals surface area (Å²) in [5.74, 6) is -7.95. The number of halogens is 4. The normalized spacial score (nSPS) is 28.0. The second-order valence-corrected chi connectivity index (χ2v) is 20.0. The summed E-state index contributed by atoms with van der Waals surface area (Å²) in [6.07, 6.45) is -7.59. The highest BCUT2D eigenvalue weighted by atomic mass is 19.5. The van der Waals surface area contributed by atoms with Crippen LogP contribution in [-0.2, 0) is 54.6 Å². The van der Waals surface area contributed by atoms with Gasteiger partial charge in [0, 0.05) is 43.7 Å². The maximum atomic E-state index is 15.7. The lowest BCUT2D eigenvalue weighted by molar-refractivity contribution is -0.671. The molecule has 3 N–H and O–H groups in total. The Morgan fingerprint density at radius 1 is 0.789 bits per heavy atom. The summed E-state index contributed by atoms with van der Waals surface area (Å²) in [7, 11) is -4.32. The second-order valence-electron chi connectivity index (χ2n) is 20.0. The number of nitrogens with zero attached hydrogens (tertiary/aromatic N) is 1. The Morgan fingerprint density at radius 2 is 1.36 bits per heavy atom. The van der Waals surface area contributed by atoms with Crippen molar-refractivity contribution in [2.75, 3.05) is 6.61 Å². The minimum atomic E-state index is -6.00. The van der Waals surface area contributed by atoms with E-state index in [1.54, 1.807) is 117 Å². The molecular weight excluding hydrogens is 1000 g/mol. The monoisotopic (exact) mass is 1060 g/mol. The van der Waals surface area contributed by atoms with Crippen LogP contribution in [0.25, 0.3) is 0 Å². The highest BCUT2D eigenvalue weighted by Crippen LogP contribution is 2.64. The van der Waals surface area contributed by atoms with Crippen LogP contribution < -0.4 is 9.88 Å². The third kappa shape index (κ3) is 11.0. The van der Waals surface area contributed by atoms with Crippen LogP contribution in [0.1, 0.15) is 97.1 Å². The molecule has 4 aliphatic rings. The molecule has 2 heterocycles. The van der Waals surface area contributed by atoms with Crippen LogP contribution in [0.15, 0.2) is 127 Å². The first-order valence-corrected chi connectivity index (χ1v) is 24.2. The summed E-state index contributed by atoms with van der Waals surface area (Å²) in [5.41, 5.74) is -7.33. The lowest BCUT2D eigenvalue weighted by Crippen LogP contribution is -2.82. The molecule has 3 aromatic carbocycles. The van der Waals surface area contributed by atoms with Gasteiger partial charge >= 0.3 is 37.1 Å². The number of aliphatic hydroxyl groups is 2. The summed E-state index contributed by atoms with van der Waals surface area (Å²) in [5, 5.41) is 29.0. The van der Waals surface area contributed by atoms with Crippen LogP contribution in [0, 0.1) is 16.7 Å². The molecule has 8 rings (SSSR count). The van der Waals surface area contributed by atoms with Gasteiger partial charge in [0.2, 0.25) is 6.10 Å². The van der Waals surface area contributed by atoms with Gasteiger partial charge in [0.25, 0.3) is 5.91 Å². The molecule has 0 spiro atoms. The summed E-state index contributed by atoms with van der Waals surface area (Å²) in [6.45, 7) is 7.92. The third-order valence-corrected chi connectivity index (χ3v) is 14.9. The smallest absolute Gasteiger partial charge is 0.455 e. The molecule has 11 atom stereocenters. The molecule has 1 saturated heterocycles. The van der Waals surface area contributed by atoms with Crippen molar-refractivity contribution in [3.63, 3.8) is 0 Å². The van der Waals surface area contributed by atoms with Crippen LogP contribution >= 0.6 is 0 Å². The van der Waals surface area contributed by atoms with E-state index in [2.05, 4.69) is 5.32 Å². The van der Waals surface area contributed by atoms with Crippen LogP contribution in [0.5, 0.6) is 0 Å². The number of nitrogens with one attached hydrogen (secondary N) is 1. The average molecular weight is 1060 g/mol. The summed E-state index contributed by atoms with van der Waals surface area (Å²) < 4.78 is 77.6. The molecule has 4 unspecified atom stereocenters. The van der Waals surface area contributed by atoms with E-state index in [0.29, 0.717) is 5.56 Å². The number of pyridine rings is 1. The van der Waals surface area contributed by atoms with Crippen LogP contribution in [0.2, 0.25) is 0 Å². The quantitative estimate of drug-likeness (QED) is 0.0385. The molecule has 1 aromatic heterocycles. The maximum Gasteiger partial charge on any atom is 0.673 e. The topological polar surface area (TPSA) is 231 Å². The van der Waals surface area contributed by atoms with Gasteiger partial charge < -0.3 is 61.2 Å². The predicted molar refractivity (Wildman–Crippen MR) is 259 cm³/mol. The Morgan fingerprint density at radius 3 is 1.89 bits per heavy atom. The number of aliphatic hydroxyl groups excluding tert-OH is 1. The highest BCUT2D eigenvalue weighted by Gasteiger charge is 2.78. The van der Waals surface area contributed by atoms with E-state index in [0.717, 1.165) is 13.8 Å². The van der Waals surface area contributed by atoms with Crippen molar-refractivity contribution in [2.45, 2.75) is 108 Å². The number of amides is 1. The van der Waals surface area contributed by atoms with Crippen LogP contribution in [0.4, 0.5) is 17.3 Å². The number of carbonyl (C=O) groups excluding carboxylic acids is 7. The van der Waals surface area contributed by atoms with E-state index < -0.39 is 126 Å². The third-order valence-electron chi connectivity index (χ3n) is 14.9. The van der Waals surface area contributed by atoms with Crippen molar-refractivity contribution < 1.29 is 94.0 Å². The molecule has 4 aromatic rings. The number of benzene rings is 3. The molecule has 2 saturated carbocycles. The Kier molecular flexibility index (Phi) is 16.1. The largest absolute Gasteiger partial charge is 0.673 e. The Balaban J connectivity index is 0.00000160. The van der Waals surface area contributed by atoms with Gasteiger partial charge in [0.1, 0.15) is 42.6 Å². The van der Waals surface area contributed by atoms with Crippen LogP contribution in [0.3, 0.4) is 0 Å². The van der Waals surface area contributed by atoms with Gasteiger partial charge in [-0.25, -0.2) is 19.0 Å². The van der Waals surface area contributed by atoms with Crippen LogP contribution in [-0.4, -0.2) is 113 Å². The number of fused-ring (bicyclic) bond motifs is 5. The molecule has 22 heteroatoms. The molecule has 1 aliphatic heterocycles. The van der Waals surface area contributed by atoms with Gasteiger partial charge in [-0.1, -0.05) is 80.6 Å². The lowest BCUT2D eigenvalue weighted by Gasteiger charge is -2.67. The molecule has 3 fully saturated rings. The van der Waals surface area contributed by atoms with Gasteiger partial charge in [-0.15, -0.1) is 0 Å². The van der Waals surface area contributed by atoms with Crippen molar-refractivity contribution >= 4 is 48.8 Å². The van der Waals surface area contributed by atoms with E-state index in [1.165, 1.54) is 38.2 Å². The Bertz CT molecular complexity index is 2900. The number of rotatable bonds is 12. The Labute approximate surface area is 434 Å². The fourth-order valence-electron chi connectivity index (χ4n) is 11.2. The molecule has 404 valence electrons. The number of ketones is 1. The standard InChI is InChI=1S/C54H56N2O15.BF4/c1-30-37(68-50(64)43(69-49(63)36-24-17-25-56(7)28-36)41(33-18-11-8-12-19-33)55-47(61)34-20-13-9-14-21-34)27-54(65)46(70-48(62)35-22-15-10-16-23-35)44-52(6,38(59)26-39-53(44,29-66-39)71-32(3)58)45(60)42(67-31(2)57)40(30)51(54,4)5;2-1(3,4)5/h8-25,28,37-39,41-44,46,59,65H,26-27,29H2,1-7H3;/q;-1/p+1/t37-,38-,39+,41?,42+,43?,44?,46-,52?,53-,54+;/m0./s1. The zero-order chi connectivity index (χ0) is 55.7. The number of aryl methyl sites for hydroxylation is 1. The van der Waals surface area contributed by atoms with Crippen molar-refractivity contribution in [2.24, 2.45) is 23.8 Å². The number of esters is 5. The molecular formula is C54H57BF4N2O15. The SMILES string of the molecule is CC(=O)O[C@H]1C(=O)C2(C)C([C@H](OC(=O)c3ccccc3)[C@]3(O)C[C@H](OC(=O)C(OC(=O)c4ccc[n+](C)c4)C(NC(=O)c4ccccc4)c4ccccc4)C(C)=C1C3(C)C)[C@]1(OC(C)=O)CO[C@@H]1C[C@@H]2O.F[B-](F)(F)F. The molecule has 0 radical (unpaired) electrons. The zero-order valence-electron chi connectivity index (χ0n) is 42.4.